The number of anilines is 1. The third kappa shape index (κ3) is 2.40. The van der Waals surface area contributed by atoms with E-state index in [4.69, 9.17) is 0 Å². The van der Waals surface area contributed by atoms with Crippen molar-refractivity contribution in [1.29, 1.82) is 0 Å². The average Bonchev–Trinajstić information content (AvgIpc) is 2.89. The molecule has 0 spiro atoms. The van der Waals surface area contributed by atoms with Gasteiger partial charge in [0.15, 0.2) is 0 Å². The Hall–Kier alpha value is -1.77. The molecule has 0 saturated heterocycles. The highest BCUT2D eigenvalue weighted by molar-refractivity contribution is 5.60. The Morgan fingerprint density at radius 2 is 1.72 bits per heavy atom. The van der Waals surface area contributed by atoms with Gasteiger partial charge in [0.1, 0.15) is 5.82 Å². The minimum atomic E-state index is 0.952. The van der Waals surface area contributed by atoms with E-state index in [9.17, 15) is 0 Å². The Kier molecular flexibility index (Phi) is 4.03. The van der Waals surface area contributed by atoms with Crippen LogP contribution in [0.5, 0.6) is 0 Å². The number of hydrogen-bond acceptors (Lipinski definition) is 2. The van der Waals surface area contributed by atoms with Gasteiger partial charge in [0.05, 0.1) is 0 Å². The van der Waals surface area contributed by atoms with Gasteiger partial charge in [0.25, 0.3) is 0 Å². The summed E-state index contributed by atoms with van der Waals surface area (Å²) >= 11 is 0. The molecule has 1 aromatic carbocycles. The summed E-state index contributed by atoms with van der Waals surface area (Å²) in [5.74, 6) is 1.04. The highest BCUT2D eigenvalue weighted by atomic mass is 15.1. The molecule has 0 N–H and O–H groups in total. The zero-order chi connectivity index (χ0) is 13.0. The van der Waals surface area contributed by atoms with Gasteiger partial charge in [-0.3, -0.25) is 0 Å². The lowest BCUT2D eigenvalue weighted by atomic mass is 10.2. The van der Waals surface area contributed by atoms with Crippen LogP contribution in [0.1, 0.15) is 20.8 Å². The van der Waals surface area contributed by atoms with Crippen LogP contribution in [0.4, 0.5) is 5.69 Å². The normalized spacial score (nSPS) is 10.6. The van der Waals surface area contributed by atoms with Gasteiger partial charge in [0.2, 0.25) is 0 Å². The summed E-state index contributed by atoms with van der Waals surface area (Å²) in [4.78, 5) is 6.76. The van der Waals surface area contributed by atoms with Crippen LogP contribution in [0.2, 0.25) is 0 Å². The van der Waals surface area contributed by atoms with Crippen molar-refractivity contribution >= 4 is 5.69 Å². The van der Waals surface area contributed by atoms with E-state index in [2.05, 4.69) is 59.5 Å². The van der Waals surface area contributed by atoms with Gasteiger partial charge in [-0.1, -0.05) is 0 Å². The average molecular weight is 243 g/mol. The van der Waals surface area contributed by atoms with Gasteiger partial charge in [-0.2, -0.15) is 0 Å². The van der Waals surface area contributed by atoms with Crippen molar-refractivity contribution in [2.75, 3.05) is 18.0 Å². The highest BCUT2D eigenvalue weighted by Crippen LogP contribution is 2.22. The molecule has 0 unspecified atom stereocenters. The van der Waals surface area contributed by atoms with Crippen LogP contribution in [0.15, 0.2) is 36.7 Å². The first-order valence-corrected chi connectivity index (χ1v) is 6.66. The largest absolute Gasteiger partial charge is 0.372 e. The summed E-state index contributed by atoms with van der Waals surface area (Å²) in [6.45, 7) is 9.53. The molecule has 0 radical (unpaired) electrons. The predicted molar refractivity (Wildman–Crippen MR) is 76.9 cm³/mol. The first-order valence-electron chi connectivity index (χ1n) is 6.66. The van der Waals surface area contributed by atoms with Crippen LogP contribution in [0, 0.1) is 0 Å². The lowest BCUT2D eigenvalue weighted by Gasteiger charge is -2.21. The predicted octanol–water partition coefficient (Wildman–Crippen LogP) is 3.42. The first-order chi connectivity index (χ1) is 8.80. The van der Waals surface area contributed by atoms with Crippen LogP contribution < -0.4 is 4.90 Å². The fourth-order valence-electron chi connectivity index (χ4n) is 2.23. The van der Waals surface area contributed by atoms with Crippen molar-refractivity contribution < 1.29 is 0 Å². The summed E-state index contributed by atoms with van der Waals surface area (Å²) in [5.41, 5.74) is 2.45. The highest BCUT2D eigenvalue weighted by Gasteiger charge is 2.06. The van der Waals surface area contributed by atoms with Crippen LogP contribution >= 0.6 is 0 Å². The molecule has 0 aliphatic carbocycles. The van der Waals surface area contributed by atoms with Crippen molar-refractivity contribution in [1.82, 2.24) is 9.55 Å². The zero-order valence-electron chi connectivity index (χ0n) is 11.4. The van der Waals surface area contributed by atoms with Crippen molar-refractivity contribution in [3.63, 3.8) is 0 Å². The maximum Gasteiger partial charge on any atom is 0.139 e. The molecule has 0 bridgehead atoms. The molecule has 0 amide bonds. The molecule has 0 aliphatic heterocycles. The van der Waals surface area contributed by atoms with Crippen molar-refractivity contribution in [3.05, 3.63) is 36.7 Å². The minimum Gasteiger partial charge on any atom is -0.372 e. The molecule has 3 nitrogen and oxygen atoms in total. The Balaban J connectivity index is 2.27. The number of aryl methyl sites for hydroxylation is 1. The van der Waals surface area contributed by atoms with E-state index in [1.165, 1.54) is 11.3 Å². The Morgan fingerprint density at radius 1 is 1.06 bits per heavy atom. The van der Waals surface area contributed by atoms with Gasteiger partial charge < -0.3 is 9.47 Å². The molecule has 2 rings (SSSR count). The molecule has 1 aromatic heterocycles. The molecule has 0 atom stereocenters. The second-order valence-corrected chi connectivity index (χ2v) is 4.26. The second kappa shape index (κ2) is 5.71. The van der Waals surface area contributed by atoms with Gasteiger partial charge in [-0.15, -0.1) is 0 Å². The molecule has 1 heterocycles. The molecule has 0 fully saturated rings. The summed E-state index contributed by atoms with van der Waals surface area (Å²) in [6, 6.07) is 8.66. The van der Waals surface area contributed by atoms with Crippen LogP contribution in [-0.2, 0) is 6.54 Å². The fourth-order valence-corrected chi connectivity index (χ4v) is 2.23. The first kappa shape index (κ1) is 12.7. The number of hydrogen-bond donors (Lipinski definition) is 0. The molecule has 18 heavy (non-hydrogen) atoms. The van der Waals surface area contributed by atoms with Crippen LogP contribution in [0.25, 0.3) is 11.4 Å². The van der Waals surface area contributed by atoms with E-state index in [1.54, 1.807) is 0 Å². The van der Waals surface area contributed by atoms with E-state index < -0.39 is 0 Å². The smallest absolute Gasteiger partial charge is 0.139 e. The standard InChI is InChI=1S/C15H21N3/c1-4-17(5-2)14-9-7-13(8-10-14)15-16-11-12-18(15)6-3/h7-12H,4-6H2,1-3H3. The van der Waals surface area contributed by atoms with E-state index >= 15 is 0 Å². The number of imidazole rings is 1. The molecule has 3 heteroatoms. The van der Waals surface area contributed by atoms with E-state index in [-0.39, 0.29) is 0 Å². The Morgan fingerprint density at radius 3 is 2.28 bits per heavy atom. The quantitative estimate of drug-likeness (QED) is 0.802. The van der Waals surface area contributed by atoms with Crippen LogP contribution in [-0.4, -0.2) is 22.6 Å². The van der Waals surface area contributed by atoms with Crippen molar-refractivity contribution in [2.45, 2.75) is 27.3 Å². The van der Waals surface area contributed by atoms with Gasteiger partial charge in [-0.25, -0.2) is 4.98 Å². The maximum atomic E-state index is 4.42. The topological polar surface area (TPSA) is 21.1 Å². The molecule has 96 valence electrons. The number of rotatable bonds is 5. The number of nitrogens with zero attached hydrogens (tertiary/aromatic N) is 3. The zero-order valence-corrected chi connectivity index (χ0v) is 11.4. The molecular formula is C15H21N3. The number of aromatic nitrogens is 2. The van der Waals surface area contributed by atoms with Crippen LogP contribution in [0.3, 0.4) is 0 Å². The van der Waals surface area contributed by atoms with E-state index in [0.717, 1.165) is 25.5 Å². The lowest BCUT2D eigenvalue weighted by Crippen LogP contribution is -2.21. The molecular weight excluding hydrogens is 222 g/mol. The maximum absolute atomic E-state index is 4.42. The molecule has 0 saturated carbocycles. The van der Waals surface area contributed by atoms with Gasteiger partial charge in [-0.05, 0) is 45.0 Å². The molecule has 2 aromatic rings. The van der Waals surface area contributed by atoms with E-state index in [1.807, 2.05) is 12.4 Å². The van der Waals surface area contributed by atoms with Crippen molar-refractivity contribution in [2.24, 2.45) is 0 Å². The Bertz CT molecular complexity index is 481. The second-order valence-electron chi connectivity index (χ2n) is 4.26. The third-order valence-electron chi connectivity index (χ3n) is 3.31. The molecule has 0 aliphatic rings. The van der Waals surface area contributed by atoms with Gasteiger partial charge in [0, 0.05) is 43.3 Å². The summed E-state index contributed by atoms with van der Waals surface area (Å²) < 4.78 is 2.16. The monoisotopic (exact) mass is 243 g/mol. The lowest BCUT2D eigenvalue weighted by molar-refractivity contribution is 0.771. The number of benzene rings is 1. The van der Waals surface area contributed by atoms with Gasteiger partial charge >= 0.3 is 0 Å². The van der Waals surface area contributed by atoms with E-state index in [0.29, 0.717) is 0 Å². The third-order valence-corrected chi connectivity index (χ3v) is 3.31. The fraction of sp³-hybridized carbons (Fsp3) is 0.400. The SMILES string of the molecule is CCN(CC)c1ccc(-c2nccn2CC)cc1. The summed E-state index contributed by atoms with van der Waals surface area (Å²) in [6.07, 6.45) is 3.88. The Labute approximate surface area is 109 Å². The summed E-state index contributed by atoms with van der Waals surface area (Å²) in [5, 5.41) is 0. The van der Waals surface area contributed by atoms with Crippen molar-refractivity contribution in [3.8, 4) is 11.4 Å². The summed E-state index contributed by atoms with van der Waals surface area (Å²) in [7, 11) is 0. The minimum absolute atomic E-state index is 0.952.